The van der Waals surface area contributed by atoms with Crippen LogP contribution in [0.3, 0.4) is 0 Å². The summed E-state index contributed by atoms with van der Waals surface area (Å²) in [7, 11) is 0. The number of rotatable bonds is 8. The summed E-state index contributed by atoms with van der Waals surface area (Å²) < 4.78 is 15.2. The molecule has 4 heteroatoms. The zero-order valence-electron chi connectivity index (χ0n) is 10.8. The number of carbonyl (C=O) groups is 1. The highest BCUT2D eigenvalue weighted by Crippen LogP contribution is 1.99. The minimum atomic E-state index is -0.611. The highest BCUT2D eigenvalue weighted by molar-refractivity contribution is 5.60. The smallest absolute Gasteiger partial charge is 0.434 e. The van der Waals surface area contributed by atoms with Gasteiger partial charge in [-0.05, 0) is 19.3 Å². The Kier molecular flexibility index (Phi) is 9.00. The maximum atomic E-state index is 11.1. The van der Waals surface area contributed by atoms with Crippen LogP contribution in [0.15, 0.2) is 0 Å². The van der Waals surface area contributed by atoms with E-state index in [2.05, 4.69) is 6.92 Å². The van der Waals surface area contributed by atoms with E-state index < -0.39 is 6.16 Å². The van der Waals surface area contributed by atoms with Crippen LogP contribution in [0.1, 0.15) is 40.5 Å². The number of carbonyl (C=O) groups excluding carboxylic acids is 1. The van der Waals surface area contributed by atoms with Crippen LogP contribution in [0.25, 0.3) is 0 Å². The molecule has 0 saturated heterocycles. The van der Waals surface area contributed by atoms with Gasteiger partial charge in [0.05, 0.1) is 13.2 Å². The molecule has 0 radical (unpaired) electrons. The number of unbranched alkanes of at least 4 members (excludes halogenated alkanes) is 1. The Balaban J connectivity index is 3.46. The Labute approximate surface area is 98.3 Å². The van der Waals surface area contributed by atoms with E-state index in [1.807, 2.05) is 13.8 Å². The quantitative estimate of drug-likeness (QED) is 0.476. The molecule has 0 amide bonds. The molecule has 96 valence electrons. The molecule has 0 saturated carbocycles. The maximum absolute atomic E-state index is 11.1. The molecule has 0 aliphatic rings. The van der Waals surface area contributed by atoms with Crippen LogP contribution in [0.2, 0.25) is 0 Å². The van der Waals surface area contributed by atoms with Crippen LogP contribution in [-0.2, 0) is 14.2 Å². The van der Waals surface area contributed by atoms with Gasteiger partial charge in [0.2, 0.25) is 0 Å². The first kappa shape index (κ1) is 15.2. The highest BCUT2D eigenvalue weighted by atomic mass is 16.7. The van der Waals surface area contributed by atoms with Gasteiger partial charge in [0.15, 0.2) is 0 Å². The summed E-state index contributed by atoms with van der Waals surface area (Å²) in [5, 5.41) is 0. The molecule has 1 unspecified atom stereocenters. The molecular weight excluding hydrogens is 208 g/mol. The fraction of sp³-hybridized carbons (Fsp3) is 0.917. The number of hydrogen-bond donors (Lipinski definition) is 0. The number of ether oxygens (including phenoxy) is 3. The summed E-state index contributed by atoms with van der Waals surface area (Å²) in [6.45, 7) is 9.38. The van der Waals surface area contributed by atoms with Gasteiger partial charge in [-0.25, -0.2) is 4.79 Å². The second kappa shape index (κ2) is 9.46. The zero-order valence-corrected chi connectivity index (χ0v) is 10.8. The molecule has 0 heterocycles. The van der Waals surface area contributed by atoms with E-state index >= 15 is 0 Å². The zero-order chi connectivity index (χ0) is 12.4. The van der Waals surface area contributed by atoms with Gasteiger partial charge in [0.25, 0.3) is 0 Å². The molecule has 0 rings (SSSR count). The van der Waals surface area contributed by atoms with Crippen molar-refractivity contribution in [3.8, 4) is 0 Å². The fourth-order valence-corrected chi connectivity index (χ4v) is 0.963. The van der Waals surface area contributed by atoms with E-state index in [1.54, 1.807) is 6.92 Å². The first-order valence-electron chi connectivity index (χ1n) is 5.97. The molecule has 0 aliphatic carbocycles. The van der Waals surface area contributed by atoms with Gasteiger partial charge in [-0.3, -0.25) is 0 Å². The fourth-order valence-electron chi connectivity index (χ4n) is 0.963. The van der Waals surface area contributed by atoms with Crippen LogP contribution in [-0.4, -0.2) is 32.1 Å². The Morgan fingerprint density at radius 1 is 1.19 bits per heavy atom. The SMILES string of the molecule is CCCCOCC(C)OC(=O)OCC(C)C. The van der Waals surface area contributed by atoms with Crippen LogP contribution in [0.4, 0.5) is 4.79 Å². The minimum Gasteiger partial charge on any atom is -0.434 e. The van der Waals surface area contributed by atoms with Gasteiger partial charge in [0, 0.05) is 6.61 Å². The van der Waals surface area contributed by atoms with E-state index in [0.29, 0.717) is 25.7 Å². The molecule has 0 spiro atoms. The van der Waals surface area contributed by atoms with Gasteiger partial charge in [-0.15, -0.1) is 0 Å². The average molecular weight is 232 g/mol. The van der Waals surface area contributed by atoms with E-state index in [1.165, 1.54) is 0 Å². The first-order valence-corrected chi connectivity index (χ1v) is 5.97. The Morgan fingerprint density at radius 3 is 2.44 bits per heavy atom. The molecule has 0 bridgehead atoms. The molecular formula is C12H24O4. The predicted octanol–water partition coefficient (Wildman–Crippen LogP) is 3.00. The van der Waals surface area contributed by atoms with Crippen molar-refractivity contribution in [1.29, 1.82) is 0 Å². The number of hydrogen-bond acceptors (Lipinski definition) is 4. The third kappa shape index (κ3) is 9.77. The topological polar surface area (TPSA) is 44.8 Å². The molecule has 0 aromatic carbocycles. The lowest BCUT2D eigenvalue weighted by Gasteiger charge is -2.14. The summed E-state index contributed by atoms with van der Waals surface area (Å²) >= 11 is 0. The van der Waals surface area contributed by atoms with Crippen LogP contribution >= 0.6 is 0 Å². The average Bonchev–Trinajstić information content (AvgIpc) is 2.21. The minimum absolute atomic E-state index is 0.253. The van der Waals surface area contributed by atoms with Gasteiger partial charge in [-0.2, -0.15) is 0 Å². The second-order valence-electron chi connectivity index (χ2n) is 4.31. The largest absolute Gasteiger partial charge is 0.508 e. The van der Waals surface area contributed by atoms with Crippen molar-refractivity contribution in [3.63, 3.8) is 0 Å². The molecule has 0 fully saturated rings. The van der Waals surface area contributed by atoms with Gasteiger partial charge < -0.3 is 14.2 Å². The summed E-state index contributed by atoms with van der Waals surface area (Å²) in [4.78, 5) is 11.1. The predicted molar refractivity (Wildman–Crippen MR) is 62.5 cm³/mol. The summed E-state index contributed by atoms with van der Waals surface area (Å²) in [6, 6.07) is 0. The van der Waals surface area contributed by atoms with Crippen molar-refractivity contribution >= 4 is 6.16 Å². The first-order chi connectivity index (χ1) is 7.56. The van der Waals surface area contributed by atoms with Gasteiger partial charge in [-0.1, -0.05) is 27.2 Å². The van der Waals surface area contributed by atoms with Crippen LogP contribution in [0, 0.1) is 5.92 Å². The third-order valence-electron chi connectivity index (χ3n) is 1.83. The normalized spacial score (nSPS) is 12.6. The summed E-state index contributed by atoms with van der Waals surface area (Å²) in [5.41, 5.74) is 0. The van der Waals surface area contributed by atoms with E-state index in [4.69, 9.17) is 14.2 Å². The molecule has 0 N–H and O–H groups in total. The lowest BCUT2D eigenvalue weighted by molar-refractivity contribution is -0.0127. The van der Waals surface area contributed by atoms with Gasteiger partial charge >= 0.3 is 6.16 Å². The van der Waals surface area contributed by atoms with Crippen molar-refractivity contribution in [2.24, 2.45) is 5.92 Å². The van der Waals surface area contributed by atoms with Crippen LogP contribution < -0.4 is 0 Å². The van der Waals surface area contributed by atoms with E-state index in [9.17, 15) is 4.79 Å². The standard InChI is InChI=1S/C12H24O4/c1-5-6-7-14-9-11(4)16-12(13)15-8-10(2)3/h10-11H,5-9H2,1-4H3. The van der Waals surface area contributed by atoms with Crippen molar-refractivity contribution in [2.75, 3.05) is 19.8 Å². The molecule has 0 aromatic heterocycles. The molecule has 0 aliphatic heterocycles. The molecule has 1 atom stereocenters. The van der Waals surface area contributed by atoms with Gasteiger partial charge in [0.1, 0.15) is 6.10 Å². The highest BCUT2D eigenvalue weighted by Gasteiger charge is 2.11. The Bertz CT molecular complexity index is 180. The van der Waals surface area contributed by atoms with E-state index in [0.717, 1.165) is 12.8 Å². The molecule has 0 aromatic rings. The van der Waals surface area contributed by atoms with Crippen molar-refractivity contribution < 1.29 is 19.0 Å². The van der Waals surface area contributed by atoms with E-state index in [-0.39, 0.29) is 6.10 Å². The monoisotopic (exact) mass is 232 g/mol. The Morgan fingerprint density at radius 2 is 1.88 bits per heavy atom. The van der Waals surface area contributed by atoms with Crippen molar-refractivity contribution in [2.45, 2.75) is 46.6 Å². The maximum Gasteiger partial charge on any atom is 0.508 e. The van der Waals surface area contributed by atoms with Crippen molar-refractivity contribution in [3.05, 3.63) is 0 Å². The summed E-state index contributed by atoms with van der Waals surface area (Å²) in [6.07, 6.45) is 1.27. The second-order valence-corrected chi connectivity index (χ2v) is 4.31. The lowest BCUT2D eigenvalue weighted by atomic mass is 10.2. The van der Waals surface area contributed by atoms with Crippen LogP contribution in [0.5, 0.6) is 0 Å². The van der Waals surface area contributed by atoms with Crippen molar-refractivity contribution in [1.82, 2.24) is 0 Å². The molecule has 4 nitrogen and oxygen atoms in total. The Hall–Kier alpha value is -0.770. The molecule has 16 heavy (non-hydrogen) atoms. The lowest BCUT2D eigenvalue weighted by Crippen LogP contribution is -2.22. The summed E-state index contributed by atoms with van der Waals surface area (Å²) in [5.74, 6) is 0.323. The third-order valence-corrected chi connectivity index (χ3v) is 1.83.